The Balaban J connectivity index is 1.63. The fourth-order valence-corrected chi connectivity index (χ4v) is 4.26. The van der Waals surface area contributed by atoms with Crippen molar-refractivity contribution in [1.82, 2.24) is 0 Å². The summed E-state index contributed by atoms with van der Waals surface area (Å²) in [5, 5.41) is 0.947. The zero-order valence-corrected chi connectivity index (χ0v) is 9.90. The van der Waals surface area contributed by atoms with Crippen molar-refractivity contribution in [2.75, 3.05) is 5.75 Å². The van der Waals surface area contributed by atoms with Crippen LogP contribution in [0.4, 0.5) is 0 Å². The summed E-state index contributed by atoms with van der Waals surface area (Å²) in [6, 6.07) is 0.489. The molecule has 2 heteroatoms. The van der Waals surface area contributed by atoms with Crippen molar-refractivity contribution in [2.24, 2.45) is 11.7 Å². The lowest BCUT2D eigenvalue weighted by atomic mass is 10.0. The molecule has 0 saturated heterocycles. The van der Waals surface area contributed by atoms with Gasteiger partial charge in [0.15, 0.2) is 0 Å². The lowest BCUT2D eigenvalue weighted by Gasteiger charge is -2.20. The number of rotatable bonds is 4. The van der Waals surface area contributed by atoms with Crippen molar-refractivity contribution >= 4 is 11.8 Å². The fraction of sp³-hybridized carbons (Fsp3) is 1.00. The lowest BCUT2D eigenvalue weighted by Crippen LogP contribution is -2.31. The maximum Gasteiger partial charge on any atom is 0.0159 e. The van der Waals surface area contributed by atoms with Crippen LogP contribution in [0.3, 0.4) is 0 Å². The molecule has 0 aromatic rings. The van der Waals surface area contributed by atoms with Crippen LogP contribution in [0.1, 0.15) is 51.4 Å². The normalized spacial score (nSPS) is 27.2. The van der Waals surface area contributed by atoms with E-state index in [1.807, 2.05) is 0 Å². The molecule has 2 rings (SSSR count). The third kappa shape index (κ3) is 2.90. The van der Waals surface area contributed by atoms with Crippen LogP contribution in [-0.2, 0) is 0 Å². The molecule has 2 aliphatic rings. The van der Waals surface area contributed by atoms with Crippen LogP contribution in [0.2, 0.25) is 0 Å². The fourth-order valence-electron chi connectivity index (χ4n) is 2.82. The molecule has 2 aliphatic carbocycles. The average molecular weight is 213 g/mol. The molecule has 0 spiro atoms. The molecule has 0 aromatic heterocycles. The van der Waals surface area contributed by atoms with Crippen molar-refractivity contribution in [2.45, 2.75) is 62.7 Å². The van der Waals surface area contributed by atoms with Gasteiger partial charge < -0.3 is 5.73 Å². The smallest absolute Gasteiger partial charge is 0.0159 e. The topological polar surface area (TPSA) is 26.0 Å². The quantitative estimate of drug-likeness (QED) is 0.776. The van der Waals surface area contributed by atoms with E-state index in [2.05, 4.69) is 11.8 Å². The van der Waals surface area contributed by atoms with Gasteiger partial charge in [0, 0.05) is 17.0 Å². The van der Waals surface area contributed by atoms with Gasteiger partial charge in [-0.1, -0.05) is 25.7 Å². The van der Waals surface area contributed by atoms with E-state index in [0.717, 1.165) is 11.2 Å². The Morgan fingerprint density at radius 3 is 2.21 bits per heavy atom. The van der Waals surface area contributed by atoms with Crippen molar-refractivity contribution in [3.8, 4) is 0 Å². The minimum absolute atomic E-state index is 0.489. The van der Waals surface area contributed by atoms with Crippen molar-refractivity contribution < 1.29 is 0 Å². The third-order valence-electron chi connectivity index (χ3n) is 3.83. The number of hydrogen-bond acceptors (Lipinski definition) is 2. The second-order valence-electron chi connectivity index (χ2n) is 4.95. The van der Waals surface area contributed by atoms with Crippen LogP contribution in [0.15, 0.2) is 0 Å². The highest BCUT2D eigenvalue weighted by atomic mass is 32.2. The second-order valence-corrected chi connectivity index (χ2v) is 6.28. The molecule has 0 heterocycles. The van der Waals surface area contributed by atoms with E-state index in [0.29, 0.717) is 6.04 Å². The lowest BCUT2D eigenvalue weighted by molar-refractivity contribution is 0.463. The molecule has 1 atom stereocenters. The Hall–Kier alpha value is 0.310. The molecule has 0 aromatic carbocycles. The van der Waals surface area contributed by atoms with Crippen molar-refractivity contribution in [3.63, 3.8) is 0 Å². The summed E-state index contributed by atoms with van der Waals surface area (Å²) in [6.07, 6.45) is 11.4. The summed E-state index contributed by atoms with van der Waals surface area (Å²) in [7, 11) is 0. The number of nitrogens with two attached hydrogens (primary N) is 1. The minimum Gasteiger partial charge on any atom is -0.327 e. The molecule has 2 saturated carbocycles. The van der Waals surface area contributed by atoms with E-state index in [9.17, 15) is 0 Å². The molecule has 0 radical (unpaired) electrons. The molecule has 0 aliphatic heterocycles. The SMILES string of the molecule is NC(CSC1CCCC1)C1CCCC1. The maximum atomic E-state index is 6.24. The van der Waals surface area contributed by atoms with E-state index in [1.54, 1.807) is 0 Å². The van der Waals surface area contributed by atoms with Gasteiger partial charge in [0.1, 0.15) is 0 Å². The van der Waals surface area contributed by atoms with Gasteiger partial charge in [-0.15, -0.1) is 0 Å². The Kier molecular flexibility index (Phi) is 4.18. The summed E-state index contributed by atoms with van der Waals surface area (Å²) in [6.45, 7) is 0. The predicted octanol–water partition coefficient (Wildman–Crippen LogP) is 3.18. The van der Waals surface area contributed by atoms with Crippen LogP contribution >= 0.6 is 11.8 Å². The minimum atomic E-state index is 0.489. The first-order valence-corrected chi connectivity index (χ1v) is 7.28. The van der Waals surface area contributed by atoms with Crippen LogP contribution in [-0.4, -0.2) is 17.0 Å². The Labute approximate surface area is 92.2 Å². The second kappa shape index (κ2) is 5.41. The first kappa shape index (κ1) is 10.8. The summed E-state index contributed by atoms with van der Waals surface area (Å²) >= 11 is 2.15. The predicted molar refractivity (Wildman–Crippen MR) is 64.6 cm³/mol. The monoisotopic (exact) mass is 213 g/mol. The van der Waals surface area contributed by atoms with Gasteiger partial charge in [0.05, 0.1) is 0 Å². The van der Waals surface area contributed by atoms with E-state index in [1.165, 1.54) is 57.1 Å². The van der Waals surface area contributed by atoms with Gasteiger partial charge in [-0.05, 0) is 31.6 Å². The van der Waals surface area contributed by atoms with Gasteiger partial charge >= 0.3 is 0 Å². The molecule has 0 bridgehead atoms. The summed E-state index contributed by atoms with van der Waals surface area (Å²) in [4.78, 5) is 0. The van der Waals surface area contributed by atoms with Gasteiger partial charge in [-0.25, -0.2) is 0 Å². The van der Waals surface area contributed by atoms with Crippen LogP contribution in [0, 0.1) is 5.92 Å². The highest BCUT2D eigenvalue weighted by molar-refractivity contribution is 7.99. The largest absolute Gasteiger partial charge is 0.327 e. The maximum absolute atomic E-state index is 6.24. The summed E-state index contributed by atoms with van der Waals surface area (Å²) in [5.41, 5.74) is 6.24. The standard InChI is InChI=1S/C12H23NS/c13-12(10-5-1-2-6-10)9-14-11-7-3-4-8-11/h10-12H,1-9,13H2. The van der Waals surface area contributed by atoms with E-state index in [4.69, 9.17) is 5.73 Å². The molecule has 1 nitrogen and oxygen atoms in total. The average Bonchev–Trinajstić information content (AvgIpc) is 2.87. The molecule has 1 unspecified atom stereocenters. The molecule has 0 amide bonds. The van der Waals surface area contributed by atoms with Crippen LogP contribution in [0.25, 0.3) is 0 Å². The molecular formula is C12H23NS. The van der Waals surface area contributed by atoms with E-state index in [-0.39, 0.29) is 0 Å². The highest BCUT2D eigenvalue weighted by Gasteiger charge is 2.23. The van der Waals surface area contributed by atoms with Crippen LogP contribution in [0.5, 0.6) is 0 Å². The molecule has 14 heavy (non-hydrogen) atoms. The van der Waals surface area contributed by atoms with Crippen molar-refractivity contribution in [1.29, 1.82) is 0 Å². The Morgan fingerprint density at radius 2 is 1.57 bits per heavy atom. The number of hydrogen-bond donors (Lipinski definition) is 1. The van der Waals surface area contributed by atoms with Crippen LogP contribution < -0.4 is 5.73 Å². The number of thioether (sulfide) groups is 1. The van der Waals surface area contributed by atoms with Crippen molar-refractivity contribution in [3.05, 3.63) is 0 Å². The highest BCUT2D eigenvalue weighted by Crippen LogP contribution is 2.33. The molecule has 2 fully saturated rings. The Morgan fingerprint density at radius 1 is 1.00 bits per heavy atom. The Bertz CT molecular complexity index is 160. The zero-order chi connectivity index (χ0) is 9.80. The van der Waals surface area contributed by atoms with E-state index >= 15 is 0 Å². The third-order valence-corrected chi connectivity index (χ3v) is 5.35. The van der Waals surface area contributed by atoms with Gasteiger partial charge in [0.25, 0.3) is 0 Å². The first-order chi connectivity index (χ1) is 6.86. The van der Waals surface area contributed by atoms with Gasteiger partial charge in [-0.2, -0.15) is 11.8 Å². The zero-order valence-electron chi connectivity index (χ0n) is 9.08. The molecular weight excluding hydrogens is 190 g/mol. The molecule has 82 valence electrons. The van der Waals surface area contributed by atoms with Gasteiger partial charge in [0.2, 0.25) is 0 Å². The van der Waals surface area contributed by atoms with E-state index < -0.39 is 0 Å². The molecule has 2 N–H and O–H groups in total. The first-order valence-electron chi connectivity index (χ1n) is 6.23. The summed E-state index contributed by atoms with van der Waals surface area (Å²) in [5.74, 6) is 2.07. The summed E-state index contributed by atoms with van der Waals surface area (Å²) < 4.78 is 0. The van der Waals surface area contributed by atoms with Gasteiger partial charge in [-0.3, -0.25) is 0 Å².